The Balaban J connectivity index is 2.06. The third kappa shape index (κ3) is 2.24. The molecule has 2 rings (SSSR count). The van der Waals surface area contributed by atoms with Crippen molar-refractivity contribution in [3.05, 3.63) is 0 Å². The lowest BCUT2D eigenvalue weighted by atomic mass is 9.94. The molecule has 2 N–H and O–H groups in total. The highest BCUT2D eigenvalue weighted by Gasteiger charge is 2.46. The molecule has 1 saturated carbocycles. The molecule has 1 aliphatic carbocycles. The van der Waals surface area contributed by atoms with Gasteiger partial charge in [0, 0.05) is 12.6 Å². The zero-order chi connectivity index (χ0) is 11.8. The van der Waals surface area contributed by atoms with Crippen molar-refractivity contribution in [1.82, 2.24) is 4.90 Å². The molecule has 2 aliphatic rings. The lowest BCUT2D eigenvalue weighted by Gasteiger charge is -2.35. The number of nitrogens with zero attached hydrogens (tertiary/aromatic N) is 1. The molecule has 1 aliphatic heterocycles. The van der Waals surface area contributed by atoms with E-state index in [0.29, 0.717) is 12.0 Å². The Morgan fingerprint density at radius 1 is 1.25 bits per heavy atom. The molecule has 0 spiro atoms. The van der Waals surface area contributed by atoms with Crippen molar-refractivity contribution in [2.24, 2.45) is 11.7 Å². The molecule has 3 nitrogen and oxygen atoms in total. The van der Waals surface area contributed by atoms with Crippen LogP contribution in [0.1, 0.15) is 52.4 Å². The van der Waals surface area contributed by atoms with Crippen molar-refractivity contribution in [2.75, 3.05) is 6.54 Å². The van der Waals surface area contributed by atoms with Crippen LogP contribution in [-0.2, 0) is 4.79 Å². The number of rotatable bonds is 2. The van der Waals surface area contributed by atoms with Crippen molar-refractivity contribution in [3.8, 4) is 0 Å². The van der Waals surface area contributed by atoms with E-state index in [-0.39, 0.29) is 5.91 Å². The van der Waals surface area contributed by atoms with E-state index in [1.165, 1.54) is 12.8 Å². The molecule has 2 unspecified atom stereocenters. The second kappa shape index (κ2) is 4.36. The summed E-state index contributed by atoms with van der Waals surface area (Å²) in [6.07, 6.45) is 7.01. The predicted octanol–water partition coefficient (Wildman–Crippen LogP) is 1.90. The Labute approximate surface area is 98.4 Å². The highest BCUT2D eigenvalue weighted by Crippen LogP contribution is 2.39. The summed E-state index contributed by atoms with van der Waals surface area (Å²) in [6.45, 7) is 4.98. The van der Waals surface area contributed by atoms with Gasteiger partial charge in [-0.15, -0.1) is 0 Å². The quantitative estimate of drug-likeness (QED) is 0.778. The molecule has 1 saturated heterocycles. The van der Waals surface area contributed by atoms with Crippen LogP contribution < -0.4 is 5.73 Å². The van der Waals surface area contributed by atoms with E-state index in [0.717, 1.165) is 32.2 Å². The summed E-state index contributed by atoms with van der Waals surface area (Å²) in [7, 11) is 0. The molecule has 2 fully saturated rings. The summed E-state index contributed by atoms with van der Waals surface area (Å²) in [5, 5.41) is 0. The first-order valence-electron chi connectivity index (χ1n) is 6.63. The van der Waals surface area contributed by atoms with Crippen LogP contribution in [0.15, 0.2) is 0 Å². The average molecular weight is 224 g/mol. The SMILES string of the molecule is CC1CCCCCN1C(=O)C(C)(N)C1CC1. The molecular weight excluding hydrogens is 200 g/mol. The number of amides is 1. The van der Waals surface area contributed by atoms with Gasteiger partial charge in [0.2, 0.25) is 5.91 Å². The van der Waals surface area contributed by atoms with Gasteiger partial charge in [0.15, 0.2) is 0 Å². The maximum absolute atomic E-state index is 12.5. The molecule has 1 amide bonds. The maximum atomic E-state index is 12.5. The van der Waals surface area contributed by atoms with Crippen LogP contribution in [0, 0.1) is 5.92 Å². The molecule has 0 aromatic rings. The minimum absolute atomic E-state index is 0.185. The van der Waals surface area contributed by atoms with Gasteiger partial charge in [-0.3, -0.25) is 4.79 Å². The Bertz CT molecular complexity index is 271. The van der Waals surface area contributed by atoms with E-state index in [1.54, 1.807) is 0 Å². The van der Waals surface area contributed by atoms with Crippen LogP contribution in [0.2, 0.25) is 0 Å². The Hall–Kier alpha value is -0.570. The third-order valence-electron chi connectivity index (χ3n) is 4.20. The second-order valence-electron chi connectivity index (χ2n) is 5.75. The fraction of sp³-hybridized carbons (Fsp3) is 0.923. The lowest BCUT2D eigenvalue weighted by molar-refractivity contribution is -0.139. The molecule has 3 heteroatoms. The molecule has 1 heterocycles. The van der Waals surface area contributed by atoms with E-state index in [9.17, 15) is 4.79 Å². The molecule has 0 bridgehead atoms. The summed E-state index contributed by atoms with van der Waals surface area (Å²) in [5.41, 5.74) is 5.61. The van der Waals surface area contributed by atoms with Gasteiger partial charge in [-0.1, -0.05) is 12.8 Å². The van der Waals surface area contributed by atoms with Crippen LogP contribution in [0.25, 0.3) is 0 Å². The molecule has 0 aromatic heterocycles. The fourth-order valence-corrected chi connectivity index (χ4v) is 2.74. The van der Waals surface area contributed by atoms with Gasteiger partial charge in [-0.25, -0.2) is 0 Å². The van der Waals surface area contributed by atoms with Crippen molar-refractivity contribution in [3.63, 3.8) is 0 Å². The minimum atomic E-state index is -0.612. The monoisotopic (exact) mass is 224 g/mol. The number of carbonyl (C=O) groups is 1. The van der Waals surface area contributed by atoms with Crippen LogP contribution >= 0.6 is 0 Å². The van der Waals surface area contributed by atoms with Crippen molar-refractivity contribution >= 4 is 5.91 Å². The van der Waals surface area contributed by atoms with Crippen molar-refractivity contribution < 1.29 is 4.79 Å². The highest BCUT2D eigenvalue weighted by molar-refractivity contribution is 5.86. The first-order chi connectivity index (χ1) is 7.53. The van der Waals surface area contributed by atoms with Gasteiger partial charge < -0.3 is 10.6 Å². The van der Waals surface area contributed by atoms with Gasteiger partial charge in [-0.05, 0) is 45.4 Å². The molecular formula is C13H24N2O. The number of nitrogens with two attached hydrogens (primary N) is 1. The van der Waals surface area contributed by atoms with Gasteiger partial charge >= 0.3 is 0 Å². The van der Waals surface area contributed by atoms with Gasteiger partial charge in [0.1, 0.15) is 0 Å². The molecule has 16 heavy (non-hydrogen) atoms. The van der Waals surface area contributed by atoms with Crippen molar-refractivity contribution in [2.45, 2.75) is 64.0 Å². The molecule has 92 valence electrons. The van der Waals surface area contributed by atoms with Gasteiger partial charge in [0.25, 0.3) is 0 Å². The summed E-state index contributed by atoms with van der Waals surface area (Å²) in [6, 6.07) is 0.372. The zero-order valence-electron chi connectivity index (χ0n) is 10.5. The average Bonchev–Trinajstić information content (AvgIpc) is 3.03. The van der Waals surface area contributed by atoms with Crippen molar-refractivity contribution in [1.29, 1.82) is 0 Å². The highest BCUT2D eigenvalue weighted by atomic mass is 16.2. The van der Waals surface area contributed by atoms with Crippen LogP contribution in [0.5, 0.6) is 0 Å². The van der Waals surface area contributed by atoms with Crippen LogP contribution in [0.3, 0.4) is 0 Å². The number of hydrogen-bond donors (Lipinski definition) is 1. The predicted molar refractivity (Wildman–Crippen MR) is 65.0 cm³/mol. The standard InChI is InChI=1S/C13H24N2O/c1-10-6-4-3-5-9-15(10)12(16)13(2,14)11-7-8-11/h10-11H,3-9,14H2,1-2H3. The largest absolute Gasteiger partial charge is 0.338 e. The number of hydrogen-bond acceptors (Lipinski definition) is 2. The van der Waals surface area contributed by atoms with E-state index in [1.807, 2.05) is 11.8 Å². The molecule has 0 aromatic carbocycles. The smallest absolute Gasteiger partial charge is 0.242 e. The van der Waals surface area contributed by atoms with Crippen LogP contribution in [0.4, 0.5) is 0 Å². The zero-order valence-corrected chi connectivity index (χ0v) is 10.5. The summed E-state index contributed by atoms with van der Waals surface area (Å²) in [4.78, 5) is 14.5. The lowest BCUT2D eigenvalue weighted by Crippen LogP contribution is -2.56. The second-order valence-corrected chi connectivity index (χ2v) is 5.75. The first kappa shape index (κ1) is 11.9. The van der Waals surface area contributed by atoms with E-state index >= 15 is 0 Å². The summed E-state index contributed by atoms with van der Waals surface area (Å²) < 4.78 is 0. The van der Waals surface area contributed by atoms with Crippen LogP contribution in [-0.4, -0.2) is 28.9 Å². The first-order valence-corrected chi connectivity index (χ1v) is 6.63. The Morgan fingerprint density at radius 3 is 2.56 bits per heavy atom. The van der Waals surface area contributed by atoms with E-state index in [4.69, 9.17) is 5.73 Å². The van der Waals surface area contributed by atoms with E-state index < -0.39 is 5.54 Å². The summed E-state index contributed by atoms with van der Waals surface area (Å²) >= 11 is 0. The number of carbonyl (C=O) groups excluding carboxylic acids is 1. The number of likely N-dealkylation sites (tertiary alicyclic amines) is 1. The summed E-state index contributed by atoms with van der Waals surface area (Å²) in [5.74, 6) is 0.611. The molecule has 0 radical (unpaired) electrons. The third-order valence-corrected chi connectivity index (χ3v) is 4.20. The Morgan fingerprint density at radius 2 is 1.94 bits per heavy atom. The van der Waals surface area contributed by atoms with E-state index in [2.05, 4.69) is 6.92 Å². The topological polar surface area (TPSA) is 46.3 Å². The van der Waals surface area contributed by atoms with Gasteiger partial charge in [-0.2, -0.15) is 0 Å². The fourth-order valence-electron chi connectivity index (χ4n) is 2.74. The normalized spacial score (nSPS) is 30.7. The Kier molecular flexibility index (Phi) is 3.24. The van der Waals surface area contributed by atoms with Gasteiger partial charge in [0.05, 0.1) is 5.54 Å². The minimum Gasteiger partial charge on any atom is -0.338 e. The molecule has 2 atom stereocenters. The maximum Gasteiger partial charge on any atom is 0.242 e.